The van der Waals surface area contributed by atoms with Crippen LogP contribution in [0.3, 0.4) is 0 Å². The molecule has 108 valence electrons. The van der Waals surface area contributed by atoms with Crippen LogP contribution in [0.1, 0.15) is 41.6 Å². The molecule has 0 aliphatic heterocycles. The normalized spacial score (nSPS) is 16.7. The zero-order valence-electron chi connectivity index (χ0n) is 11.7. The second kappa shape index (κ2) is 6.05. The lowest BCUT2D eigenvalue weighted by atomic mass is 9.98. The minimum atomic E-state index is -0.710. The topological polar surface area (TPSA) is 84.2 Å². The van der Waals surface area contributed by atoms with E-state index in [2.05, 4.69) is 10.6 Å². The molecule has 1 fully saturated rings. The molecular formula is C15H21N3O2. The summed E-state index contributed by atoms with van der Waals surface area (Å²) >= 11 is 0. The summed E-state index contributed by atoms with van der Waals surface area (Å²) in [6.07, 6.45) is 3.51. The molecule has 1 saturated carbocycles. The van der Waals surface area contributed by atoms with Crippen molar-refractivity contribution in [3.05, 3.63) is 35.4 Å². The van der Waals surface area contributed by atoms with E-state index in [9.17, 15) is 9.59 Å². The fourth-order valence-corrected chi connectivity index (χ4v) is 2.56. The summed E-state index contributed by atoms with van der Waals surface area (Å²) in [6, 6.07) is 7.20. The number of carbonyl (C=O) groups is 2. The molecule has 0 radical (unpaired) electrons. The predicted molar refractivity (Wildman–Crippen MR) is 77.1 cm³/mol. The first kappa shape index (κ1) is 14.5. The molecule has 1 aromatic rings. The number of rotatable bonds is 4. The zero-order valence-corrected chi connectivity index (χ0v) is 11.7. The maximum atomic E-state index is 12.1. The van der Waals surface area contributed by atoms with E-state index in [-0.39, 0.29) is 11.8 Å². The van der Waals surface area contributed by atoms with E-state index in [4.69, 9.17) is 5.73 Å². The Morgan fingerprint density at radius 2 is 2.00 bits per heavy atom. The van der Waals surface area contributed by atoms with Gasteiger partial charge in [0.15, 0.2) is 0 Å². The van der Waals surface area contributed by atoms with Crippen molar-refractivity contribution >= 4 is 11.8 Å². The molecule has 0 unspecified atom stereocenters. The summed E-state index contributed by atoms with van der Waals surface area (Å²) in [5, 5.41) is 5.45. The van der Waals surface area contributed by atoms with Crippen LogP contribution < -0.4 is 16.4 Å². The van der Waals surface area contributed by atoms with Gasteiger partial charge in [-0.05, 0) is 30.5 Å². The van der Waals surface area contributed by atoms with Crippen LogP contribution in [0.2, 0.25) is 0 Å². The summed E-state index contributed by atoms with van der Waals surface area (Å²) in [4.78, 5) is 23.6. The van der Waals surface area contributed by atoms with Gasteiger partial charge in [0, 0.05) is 19.2 Å². The Morgan fingerprint density at radius 1 is 1.30 bits per heavy atom. The molecule has 2 rings (SSSR count). The minimum absolute atomic E-state index is 0.0969. The van der Waals surface area contributed by atoms with Crippen LogP contribution in [0.4, 0.5) is 0 Å². The lowest BCUT2D eigenvalue weighted by Crippen LogP contribution is -2.51. The van der Waals surface area contributed by atoms with E-state index in [1.165, 1.54) is 0 Å². The average molecular weight is 275 g/mol. The number of hydrogen-bond donors (Lipinski definition) is 3. The summed E-state index contributed by atoms with van der Waals surface area (Å²) in [7, 11) is 1.59. The van der Waals surface area contributed by atoms with Gasteiger partial charge in [-0.15, -0.1) is 0 Å². The van der Waals surface area contributed by atoms with Gasteiger partial charge < -0.3 is 16.4 Å². The monoisotopic (exact) mass is 275 g/mol. The van der Waals surface area contributed by atoms with Crippen molar-refractivity contribution in [1.29, 1.82) is 0 Å². The van der Waals surface area contributed by atoms with Gasteiger partial charge in [0.05, 0.1) is 5.54 Å². The largest absolute Gasteiger partial charge is 0.355 e. The third-order valence-corrected chi connectivity index (χ3v) is 3.82. The Balaban J connectivity index is 1.97. The highest BCUT2D eigenvalue weighted by Crippen LogP contribution is 2.27. The highest BCUT2D eigenvalue weighted by molar-refractivity contribution is 5.94. The lowest BCUT2D eigenvalue weighted by molar-refractivity contribution is -0.126. The van der Waals surface area contributed by atoms with Gasteiger partial charge in [-0.1, -0.05) is 25.0 Å². The molecule has 0 heterocycles. The van der Waals surface area contributed by atoms with Gasteiger partial charge in [-0.3, -0.25) is 9.59 Å². The molecule has 2 amide bonds. The first-order chi connectivity index (χ1) is 9.55. The first-order valence-electron chi connectivity index (χ1n) is 6.93. The van der Waals surface area contributed by atoms with Gasteiger partial charge >= 0.3 is 0 Å². The van der Waals surface area contributed by atoms with Crippen molar-refractivity contribution in [3.63, 3.8) is 0 Å². The molecule has 0 bridgehead atoms. The first-order valence-corrected chi connectivity index (χ1v) is 6.93. The third kappa shape index (κ3) is 3.17. The molecule has 5 nitrogen and oxygen atoms in total. The number of carbonyl (C=O) groups excluding carboxylic acids is 2. The van der Waals surface area contributed by atoms with Crippen molar-refractivity contribution in [2.75, 3.05) is 7.05 Å². The molecule has 1 aliphatic carbocycles. The Kier molecular flexibility index (Phi) is 4.39. The molecule has 0 saturated heterocycles. The molecule has 1 aliphatic rings. The smallest absolute Gasteiger partial charge is 0.251 e. The van der Waals surface area contributed by atoms with Gasteiger partial charge in [0.2, 0.25) is 5.91 Å². The Labute approximate surface area is 118 Å². The summed E-state index contributed by atoms with van der Waals surface area (Å²) < 4.78 is 0. The maximum absolute atomic E-state index is 12.1. The van der Waals surface area contributed by atoms with Gasteiger partial charge in [-0.25, -0.2) is 0 Å². The Hall–Kier alpha value is -1.88. The third-order valence-electron chi connectivity index (χ3n) is 3.82. The second-order valence-electron chi connectivity index (χ2n) is 5.33. The second-order valence-corrected chi connectivity index (χ2v) is 5.33. The van der Waals surface area contributed by atoms with Gasteiger partial charge in [0.1, 0.15) is 0 Å². The highest BCUT2D eigenvalue weighted by atomic mass is 16.2. The van der Waals surface area contributed by atoms with E-state index < -0.39 is 5.54 Å². The SMILES string of the molecule is CNC(=O)c1cccc(CNC(=O)C2(N)CCCC2)c1. The van der Waals surface area contributed by atoms with Crippen LogP contribution in [-0.4, -0.2) is 24.4 Å². The standard InChI is InChI=1S/C15H21N3O2/c1-17-13(19)12-6-4-5-11(9-12)10-18-14(20)15(16)7-2-3-8-15/h4-6,9H,2-3,7-8,10,16H2,1H3,(H,17,19)(H,18,20). The van der Waals surface area contributed by atoms with Crippen LogP contribution >= 0.6 is 0 Å². The summed E-state index contributed by atoms with van der Waals surface area (Å²) in [6.45, 7) is 0.391. The van der Waals surface area contributed by atoms with E-state index in [0.717, 1.165) is 31.2 Å². The minimum Gasteiger partial charge on any atom is -0.355 e. The Morgan fingerprint density at radius 3 is 2.65 bits per heavy atom. The lowest BCUT2D eigenvalue weighted by Gasteiger charge is -2.22. The van der Waals surface area contributed by atoms with Crippen LogP contribution in [0.25, 0.3) is 0 Å². The van der Waals surface area contributed by atoms with E-state index in [1.54, 1.807) is 25.2 Å². The molecule has 1 aromatic carbocycles. The van der Waals surface area contributed by atoms with Crippen LogP contribution in [0.5, 0.6) is 0 Å². The molecule has 5 heteroatoms. The Bertz CT molecular complexity index is 508. The van der Waals surface area contributed by atoms with Crippen LogP contribution in [0, 0.1) is 0 Å². The summed E-state index contributed by atoms with van der Waals surface area (Å²) in [5.74, 6) is -0.232. The number of nitrogens with one attached hydrogen (secondary N) is 2. The van der Waals surface area contributed by atoms with Gasteiger partial charge in [0.25, 0.3) is 5.91 Å². The van der Waals surface area contributed by atoms with Crippen LogP contribution in [0.15, 0.2) is 24.3 Å². The molecular weight excluding hydrogens is 254 g/mol. The average Bonchev–Trinajstić information content (AvgIpc) is 2.92. The number of benzene rings is 1. The zero-order chi connectivity index (χ0) is 14.6. The van der Waals surface area contributed by atoms with Gasteiger partial charge in [-0.2, -0.15) is 0 Å². The van der Waals surface area contributed by atoms with Crippen LogP contribution in [-0.2, 0) is 11.3 Å². The number of nitrogens with two attached hydrogens (primary N) is 1. The van der Waals surface area contributed by atoms with E-state index >= 15 is 0 Å². The van der Waals surface area contributed by atoms with Crippen molar-refractivity contribution in [3.8, 4) is 0 Å². The maximum Gasteiger partial charge on any atom is 0.251 e. The van der Waals surface area contributed by atoms with Crippen molar-refractivity contribution < 1.29 is 9.59 Å². The fourth-order valence-electron chi connectivity index (χ4n) is 2.56. The molecule has 0 spiro atoms. The van der Waals surface area contributed by atoms with Crippen molar-refractivity contribution in [1.82, 2.24) is 10.6 Å². The molecule has 0 aromatic heterocycles. The highest BCUT2D eigenvalue weighted by Gasteiger charge is 2.36. The molecule has 4 N–H and O–H groups in total. The van der Waals surface area contributed by atoms with Crippen molar-refractivity contribution in [2.45, 2.75) is 37.8 Å². The predicted octanol–water partition coefficient (Wildman–Crippen LogP) is 0.934. The summed E-state index contributed by atoms with van der Waals surface area (Å²) in [5.41, 5.74) is 6.86. The fraction of sp³-hybridized carbons (Fsp3) is 0.467. The van der Waals surface area contributed by atoms with E-state index in [1.807, 2.05) is 6.07 Å². The van der Waals surface area contributed by atoms with Crippen molar-refractivity contribution in [2.24, 2.45) is 5.73 Å². The molecule has 20 heavy (non-hydrogen) atoms. The number of amides is 2. The quantitative estimate of drug-likeness (QED) is 0.764. The molecule has 0 atom stereocenters. The number of hydrogen-bond acceptors (Lipinski definition) is 3. The van der Waals surface area contributed by atoms with E-state index in [0.29, 0.717) is 12.1 Å².